The van der Waals surface area contributed by atoms with E-state index in [1.807, 2.05) is 0 Å². The van der Waals surface area contributed by atoms with Crippen molar-refractivity contribution in [2.24, 2.45) is 0 Å². The summed E-state index contributed by atoms with van der Waals surface area (Å²) in [5.74, 6) is -2.93. The third kappa shape index (κ3) is 2.16. The average Bonchev–Trinajstić information content (AvgIpc) is 2.22. The molecule has 0 spiro atoms. The predicted octanol–water partition coefficient (Wildman–Crippen LogP) is 1.74. The molecule has 1 rings (SSSR count). The molecular weight excluding hydrogens is 220 g/mol. The first-order chi connectivity index (χ1) is 7.51. The van der Waals surface area contributed by atoms with Gasteiger partial charge in [-0.1, -0.05) is 0 Å². The van der Waals surface area contributed by atoms with Crippen molar-refractivity contribution >= 4 is 17.9 Å². The van der Waals surface area contributed by atoms with Gasteiger partial charge in [0.15, 0.2) is 12.1 Å². The predicted molar refractivity (Wildman–Crippen MR) is 52.6 cm³/mol. The van der Waals surface area contributed by atoms with Crippen LogP contribution < -0.4 is 10.1 Å². The van der Waals surface area contributed by atoms with E-state index in [1.165, 1.54) is 7.11 Å². The summed E-state index contributed by atoms with van der Waals surface area (Å²) >= 11 is 0. The van der Waals surface area contributed by atoms with Crippen molar-refractivity contribution in [2.45, 2.75) is 6.92 Å². The molecule has 4 nitrogen and oxygen atoms in total. The maximum absolute atomic E-state index is 13.6. The van der Waals surface area contributed by atoms with Crippen molar-refractivity contribution < 1.29 is 23.1 Å². The molecule has 1 aromatic rings. The number of ether oxygens (including phenoxy) is 1. The van der Waals surface area contributed by atoms with Crippen molar-refractivity contribution in [2.75, 3.05) is 12.4 Å². The summed E-state index contributed by atoms with van der Waals surface area (Å²) in [6.45, 7) is 1.16. The van der Waals surface area contributed by atoms with E-state index in [0.29, 0.717) is 0 Å². The lowest BCUT2D eigenvalue weighted by atomic mass is 10.1. The van der Waals surface area contributed by atoms with Crippen molar-refractivity contribution in [3.05, 3.63) is 23.3 Å². The van der Waals surface area contributed by atoms with Crippen LogP contribution in [0.3, 0.4) is 0 Å². The van der Waals surface area contributed by atoms with Gasteiger partial charge >= 0.3 is 0 Å². The molecule has 0 saturated heterocycles. The van der Waals surface area contributed by atoms with Gasteiger partial charge in [0.1, 0.15) is 17.3 Å². The molecule has 1 amide bonds. The molecular formula is C10H9F2NO3. The largest absolute Gasteiger partial charge is 0.494 e. The number of aldehydes is 1. The number of amides is 1. The van der Waals surface area contributed by atoms with Gasteiger partial charge in [-0.3, -0.25) is 9.59 Å². The molecule has 0 aliphatic heterocycles. The van der Waals surface area contributed by atoms with Crippen LogP contribution in [0.1, 0.15) is 17.3 Å². The molecule has 0 aliphatic rings. The molecule has 0 aromatic heterocycles. The van der Waals surface area contributed by atoms with Gasteiger partial charge in [0.05, 0.1) is 12.7 Å². The van der Waals surface area contributed by atoms with E-state index in [9.17, 15) is 18.4 Å². The van der Waals surface area contributed by atoms with E-state index >= 15 is 0 Å². The topological polar surface area (TPSA) is 55.4 Å². The number of halogens is 2. The molecule has 0 unspecified atom stereocenters. The fraction of sp³-hybridized carbons (Fsp3) is 0.200. The van der Waals surface area contributed by atoms with Gasteiger partial charge in [0.25, 0.3) is 0 Å². The van der Waals surface area contributed by atoms with Gasteiger partial charge in [-0.25, -0.2) is 8.78 Å². The van der Waals surface area contributed by atoms with Gasteiger partial charge < -0.3 is 10.1 Å². The summed E-state index contributed by atoms with van der Waals surface area (Å²) < 4.78 is 31.4. The Morgan fingerprint density at radius 2 is 2.12 bits per heavy atom. The number of nitrogens with one attached hydrogen (secondary N) is 1. The second-order valence-corrected chi connectivity index (χ2v) is 2.96. The molecule has 1 aromatic carbocycles. The lowest BCUT2D eigenvalue weighted by molar-refractivity contribution is -0.114. The quantitative estimate of drug-likeness (QED) is 0.803. The van der Waals surface area contributed by atoms with E-state index < -0.39 is 23.1 Å². The van der Waals surface area contributed by atoms with Crippen molar-refractivity contribution in [1.29, 1.82) is 0 Å². The molecule has 0 bridgehead atoms. The summed E-state index contributed by atoms with van der Waals surface area (Å²) in [5, 5.41) is 2.13. The van der Waals surface area contributed by atoms with Gasteiger partial charge in [-0.2, -0.15) is 0 Å². The minimum Gasteiger partial charge on any atom is -0.494 e. The summed E-state index contributed by atoms with van der Waals surface area (Å²) in [4.78, 5) is 21.3. The smallest absolute Gasteiger partial charge is 0.221 e. The molecule has 0 saturated carbocycles. The summed E-state index contributed by atoms with van der Waals surface area (Å²) in [7, 11) is 1.19. The first kappa shape index (κ1) is 12.1. The number of carbonyl (C=O) groups excluding carboxylic acids is 2. The standard InChI is InChI=1S/C10H9F2NO3/c1-5(15)13-10-8(16-2)3-7(11)6(4-14)9(10)12/h3-4H,1-2H3,(H,13,15). The fourth-order valence-corrected chi connectivity index (χ4v) is 1.17. The first-order valence-electron chi connectivity index (χ1n) is 4.30. The van der Waals surface area contributed by atoms with Crippen LogP contribution >= 0.6 is 0 Å². The second-order valence-electron chi connectivity index (χ2n) is 2.96. The highest BCUT2D eigenvalue weighted by Crippen LogP contribution is 2.31. The molecule has 0 heterocycles. The lowest BCUT2D eigenvalue weighted by Crippen LogP contribution is -2.11. The lowest BCUT2D eigenvalue weighted by Gasteiger charge is -2.11. The van der Waals surface area contributed by atoms with Crippen LogP contribution in [0.2, 0.25) is 0 Å². The number of rotatable bonds is 3. The van der Waals surface area contributed by atoms with Crippen molar-refractivity contribution in [3.63, 3.8) is 0 Å². The van der Waals surface area contributed by atoms with Gasteiger partial charge in [0.2, 0.25) is 5.91 Å². The van der Waals surface area contributed by atoms with Gasteiger partial charge in [0, 0.05) is 13.0 Å². The Labute approximate surface area is 90.2 Å². The minimum atomic E-state index is -1.15. The highest BCUT2D eigenvalue weighted by Gasteiger charge is 2.19. The summed E-state index contributed by atoms with van der Waals surface area (Å²) in [6, 6.07) is 0.831. The zero-order valence-electron chi connectivity index (χ0n) is 8.64. The zero-order chi connectivity index (χ0) is 12.3. The Kier molecular flexibility index (Phi) is 3.55. The Balaban J connectivity index is 3.42. The monoisotopic (exact) mass is 229 g/mol. The Bertz CT molecular complexity index is 446. The summed E-state index contributed by atoms with van der Waals surface area (Å²) in [6.07, 6.45) is 0.0371. The Morgan fingerprint density at radius 1 is 1.50 bits per heavy atom. The average molecular weight is 229 g/mol. The van der Waals surface area contributed by atoms with E-state index in [0.717, 1.165) is 13.0 Å². The molecule has 0 radical (unpaired) electrons. The van der Waals surface area contributed by atoms with Crippen LogP contribution in [-0.4, -0.2) is 19.3 Å². The van der Waals surface area contributed by atoms with Gasteiger partial charge in [-0.05, 0) is 0 Å². The highest BCUT2D eigenvalue weighted by atomic mass is 19.1. The van der Waals surface area contributed by atoms with Gasteiger partial charge in [-0.15, -0.1) is 0 Å². The summed E-state index contributed by atoms with van der Waals surface area (Å²) in [5.41, 5.74) is -1.09. The van der Waals surface area contributed by atoms with Crippen LogP contribution in [0.15, 0.2) is 6.07 Å². The number of hydrogen-bond acceptors (Lipinski definition) is 3. The van der Waals surface area contributed by atoms with Crippen LogP contribution in [0.25, 0.3) is 0 Å². The zero-order valence-corrected chi connectivity index (χ0v) is 8.64. The molecule has 0 atom stereocenters. The number of anilines is 1. The van der Waals surface area contributed by atoms with Crippen LogP contribution in [-0.2, 0) is 4.79 Å². The second kappa shape index (κ2) is 4.69. The molecule has 0 aliphatic carbocycles. The van der Waals surface area contributed by atoms with Crippen LogP contribution in [0.4, 0.5) is 14.5 Å². The van der Waals surface area contributed by atoms with Crippen LogP contribution in [0, 0.1) is 11.6 Å². The van der Waals surface area contributed by atoms with E-state index in [1.54, 1.807) is 0 Å². The number of methoxy groups -OCH3 is 1. The molecule has 1 N–H and O–H groups in total. The van der Waals surface area contributed by atoms with E-state index in [4.69, 9.17) is 4.74 Å². The SMILES string of the molecule is COc1cc(F)c(C=O)c(F)c1NC(C)=O. The van der Waals surface area contributed by atoms with E-state index in [-0.39, 0.29) is 17.7 Å². The Morgan fingerprint density at radius 3 is 2.56 bits per heavy atom. The van der Waals surface area contributed by atoms with Crippen LogP contribution in [0.5, 0.6) is 5.75 Å². The molecule has 86 valence electrons. The maximum atomic E-state index is 13.6. The van der Waals surface area contributed by atoms with Crippen molar-refractivity contribution in [1.82, 2.24) is 0 Å². The third-order valence-electron chi connectivity index (χ3n) is 1.86. The molecule has 6 heteroatoms. The Hall–Kier alpha value is -1.98. The first-order valence-corrected chi connectivity index (χ1v) is 4.30. The normalized spacial score (nSPS) is 9.75. The third-order valence-corrected chi connectivity index (χ3v) is 1.86. The molecule has 0 fully saturated rings. The fourth-order valence-electron chi connectivity index (χ4n) is 1.17. The van der Waals surface area contributed by atoms with Crippen molar-refractivity contribution in [3.8, 4) is 5.75 Å². The minimum absolute atomic E-state index is 0.0371. The highest BCUT2D eigenvalue weighted by molar-refractivity contribution is 5.92. The number of hydrogen-bond donors (Lipinski definition) is 1. The number of carbonyl (C=O) groups is 2. The van der Waals surface area contributed by atoms with E-state index in [2.05, 4.69) is 5.32 Å². The molecule has 16 heavy (non-hydrogen) atoms. The number of benzene rings is 1. The maximum Gasteiger partial charge on any atom is 0.221 e.